The topological polar surface area (TPSA) is 60.9 Å². The number of nitrogen functional groups attached to an aromatic ring is 1. The SMILES string of the molecule is Nc1ccc2nc(CF)n(-c3ccccc3C(F)(F)F)c(=O)c2c1. The Bertz CT molecular complexity index is 979. The Balaban J connectivity index is 2.43. The summed E-state index contributed by atoms with van der Waals surface area (Å²) in [5.41, 5.74) is 3.71. The third-order valence-electron chi connectivity index (χ3n) is 3.53. The predicted octanol–water partition coefficient (Wildman–Crippen LogP) is 3.46. The van der Waals surface area contributed by atoms with Crippen molar-refractivity contribution in [3.05, 3.63) is 64.2 Å². The first-order chi connectivity index (χ1) is 11.3. The summed E-state index contributed by atoms with van der Waals surface area (Å²) in [7, 11) is 0. The minimum Gasteiger partial charge on any atom is -0.399 e. The van der Waals surface area contributed by atoms with Gasteiger partial charge in [-0.3, -0.25) is 9.36 Å². The van der Waals surface area contributed by atoms with Gasteiger partial charge in [-0.1, -0.05) is 12.1 Å². The van der Waals surface area contributed by atoms with Crippen molar-refractivity contribution in [3.63, 3.8) is 0 Å². The van der Waals surface area contributed by atoms with Crippen LogP contribution in [0.15, 0.2) is 47.3 Å². The second-order valence-electron chi connectivity index (χ2n) is 5.09. The van der Waals surface area contributed by atoms with Crippen LogP contribution in [0.1, 0.15) is 11.4 Å². The molecule has 0 amide bonds. The maximum atomic E-state index is 13.4. The van der Waals surface area contributed by atoms with E-state index in [1.54, 1.807) is 0 Å². The van der Waals surface area contributed by atoms with Crippen molar-refractivity contribution in [1.82, 2.24) is 9.55 Å². The first-order valence-electron chi connectivity index (χ1n) is 6.86. The van der Waals surface area contributed by atoms with E-state index in [4.69, 9.17) is 5.73 Å². The number of fused-ring (bicyclic) bond motifs is 1. The molecule has 0 spiro atoms. The molecule has 0 saturated carbocycles. The van der Waals surface area contributed by atoms with Gasteiger partial charge in [0.2, 0.25) is 0 Å². The van der Waals surface area contributed by atoms with Crippen LogP contribution in [-0.4, -0.2) is 9.55 Å². The molecule has 3 rings (SSSR count). The van der Waals surface area contributed by atoms with Crippen molar-refractivity contribution in [2.24, 2.45) is 0 Å². The highest BCUT2D eigenvalue weighted by Crippen LogP contribution is 2.33. The molecule has 4 nitrogen and oxygen atoms in total. The molecule has 0 bridgehead atoms. The van der Waals surface area contributed by atoms with E-state index < -0.39 is 35.5 Å². The van der Waals surface area contributed by atoms with Gasteiger partial charge in [-0.2, -0.15) is 13.2 Å². The van der Waals surface area contributed by atoms with Gasteiger partial charge in [0, 0.05) is 5.69 Å². The fourth-order valence-corrected chi connectivity index (χ4v) is 2.50. The molecule has 0 aliphatic heterocycles. The summed E-state index contributed by atoms with van der Waals surface area (Å²) in [6.45, 7) is -1.19. The molecule has 8 heteroatoms. The molecule has 24 heavy (non-hydrogen) atoms. The Labute approximate surface area is 133 Å². The molecule has 1 heterocycles. The van der Waals surface area contributed by atoms with Crippen LogP contribution < -0.4 is 11.3 Å². The number of aromatic nitrogens is 2. The highest BCUT2D eigenvalue weighted by molar-refractivity contribution is 5.81. The number of hydrogen-bond donors (Lipinski definition) is 1. The number of halogens is 4. The Kier molecular flexibility index (Phi) is 3.75. The monoisotopic (exact) mass is 337 g/mol. The molecule has 2 N–H and O–H groups in total. The second kappa shape index (κ2) is 5.63. The number of nitrogens with two attached hydrogens (primary N) is 1. The van der Waals surface area contributed by atoms with Crippen molar-refractivity contribution < 1.29 is 17.6 Å². The lowest BCUT2D eigenvalue weighted by Crippen LogP contribution is -2.26. The van der Waals surface area contributed by atoms with Crippen LogP contribution in [0.2, 0.25) is 0 Å². The van der Waals surface area contributed by atoms with Crippen molar-refractivity contribution in [1.29, 1.82) is 0 Å². The summed E-state index contributed by atoms with van der Waals surface area (Å²) < 4.78 is 53.7. The fourth-order valence-electron chi connectivity index (χ4n) is 2.50. The fraction of sp³-hybridized carbons (Fsp3) is 0.125. The molecular formula is C16H11F4N3O. The van der Waals surface area contributed by atoms with Gasteiger partial charge < -0.3 is 5.73 Å². The summed E-state index contributed by atoms with van der Waals surface area (Å²) in [6, 6.07) is 8.66. The minimum absolute atomic E-state index is 0.0178. The molecule has 0 aliphatic carbocycles. The quantitative estimate of drug-likeness (QED) is 0.575. The van der Waals surface area contributed by atoms with Crippen LogP contribution in [0.3, 0.4) is 0 Å². The lowest BCUT2D eigenvalue weighted by molar-refractivity contribution is -0.137. The van der Waals surface area contributed by atoms with Crippen molar-refractivity contribution in [2.45, 2.75) is 12.9 Å². The molecule has 0 fully saturated rings. The van der Waals surface area contributed by atoms with Gasteiger partial charge >= 0.3 is 6.18 Å². The number of anilines is 1. The van der Waals surface area contributed by atoms with Crippen LogP contribution in [0.5, 0.6) is 0 Å². The molecule has 0 atom stereocenters. The molecule has 2 aromatic carbocycles. The Hall–Kier alpha value is -2.90. The third-order valence-corrected chi connectivity index (χ3v) is 3.53. The van der Waals surface area contributed by atoms with E-state index in [0.29, 0.717) is 4.57 Å². The second-order valence-corrected chi connectivity index (χ2v) is 5.09. The first-order valence-corrected chi connectivity index (χ1v) is 6.86. The summed E-state index contributed by atoms with van der Waals surface area (Å²) in [6.07, 6.45) is -4.70. The molecule has 124 valence electrons. The zero-order valence-corrected chi connectivity index (χ0v) is 12.1. The highest BCUT2D eigenvalue weighted by Gasteiger charge is 2.34. The molecule has 1 aromatic heterocycles. The van der Waals surface area contributed by atoms with E-state index in [2.05, 4.69) is 4.98 Å². The van der Waals surface area contributed by atoms with Crippen LogP contribution in [0.4, 0.5) is 23.2 Å². The molecule has 3 aromatic rings. The number of benzene rings is 2. The van der Waals surface area contributed by atoms with E-state index >= 15 is 0 Å². The maximum Gasteiger partial charge on any atom is 0.418 e. The zero-order valence-electron chi connectivity index (χ0n) is 12.1. The van der Waals surface area contributed by atoms with E-state index in [1.165, 1.54) is 30.3 Å². The van der Waals surface area contributed by atoms with Gasteiger partial charge in [-0.25, -0.2) is 9.37 Å². The first kappa shape index (κ1) is 16.0. The van der Waals surface area contributed by atoms with Gasteiger partial charge in [0.25, 0.3) is 5.56 Å². The molecule has 0 saturated heterocycles. The predicted molar refractivity (Wildman–Crippen MR) is 81.6 cm³/mol. The van der Waals surface area contributed by atoms with Crippen LogP contribution >= 0.6 is 0 Å². The Morgan fingerprint density at radius 2 is 1.83 bits per heavy atom. The van der Waals surface area contributed by atoms with Crippen LogP contribution in [0.25, 0.3) is 16.6 Å². The van der Waals surface area contributed by atoms with Gasteiger partial charge in [-0.05, 0) is 30.3 Å². The van der Waals surface area contributed by atoms with Gasteiger partial charge in [0.05, 0.1) is 22.2 Å². The molecule has 0 radical (unpaired) electrons. The van der Waals surface area contributed by atoms with Crippen LogP contribution in [-0.2, 0) is 12.9 Å². The molecule has 0 unspecified atom stereocenters. The molecular weight excluding hydrogens is 326 g/mol. The summed E-state index contributed by atoms with van der Waals surface area (Å²) in [5.74, 6) is -0.408. The van der Waals surface area contributed by atoms with Gasteiger partial charge in [0.15, 0.2) is 0 Å². The lowest BCUT2D eigenvalue weighted by atomic mass is 10.1. The zero-order chi connectivity index (χ0) is 17.5. The van der Waals surface area contributed by atoms with Crippen molar-refractivity contribution in [2.75, 3.05) is 5.73 Å². The lowest BCUT2D eigenvalue weighted by Gasteiger charge is -2.17. The number of rotatable bonds is 2. The largest absolute Gasteiger partial charge is 0.418 e. The maximum absolute atomic E-state index is 13.4. The van der Waals surface area contributed by atoms with Gasteiger partial charge in [0.1, 0.15) is 12.5 Å². The molecule has 0 aliphatic rings. The number of nitrogens with zero attached hydrogens (tertiary/aromatic N) is 2. The number of alkyl halides is 4. The Morgan fingerprint density at radius 1 is 1.12 bits per heavy atom. The minimum atomic E-state index is -4.70. The van der Waals surface area contributed by atoms with E-state index in [1.807, 2.05) is 0 Å². The Morgan fingerprint density at radius 3 is 2.50 bits per heavy atom. The van der Waals surface area contributed by atoms with Crippen molar-refractivity contribution in [3.8, 4) is 5.69 Å². The highest BCUT2D eigenvalue weighted by atomic mass is 19.4. The summed E-state index contributed by atoms with van der Waals surface area (Å²) >= 11 is 0. The third kappa shape index (κ3) is 2.60. The van der Waals surface area contributed by atoms with Crippen molar-refractivity contribution >= 4 is 16.6 Å². The van der Waals surface area contributed by atoms with E-state index in [9.17, 15) is 22.4 Å². The normalized spacial score (nSPS) is 11.8. The average molecular weight is 337 g/mol. The smallest absolute Gasteiger partial charge is 0.399 e. The standard InChI is InChI=1S/C16H11F4N3O/c17-8-14-22-12-6-5-9(21)7-10(12)15(24)23(14)13-4-2-1-3-11(13)16(18,19)20/h1-7H,8,21H2. The summed E-state index contributed by atoms with van der Waals surface area (Å²) in [4.78, 5) is 16.6. The number of para-hydroxylation sites is 1. The van der Waals surface area contributed by atoms with Crippen LogP contribution in [0, 0.1) is 0 Å². The number of hydrogen-bond acceptors (Lipinski definition) is 3. The van der Waals surface area contributed by atoms with E-state index in [0.717, 1.165) is 12.1 Å². The van der Waals surface area contributed by atoms with E-state index in [-0.39, 0.29) is 16.6 Å². The average Bonchev–Trinajstić information content (AvgIpc) is 2.54. The van der Waals surface area contributed by atoms with Gasteiger partial charge in [-0.15, -0.1) is 0 Å². The summed E-state index contributed by atoms with van der Waals surface area (Å²) in [5, 5.41) is 0.0178.